The first kappa shape index (κ1) is 16.7. The van der Waals surface area contributed by atoms with E-state index in [1.807, 2.05) is 0 Å². The minimum Gasteiger partial charge on any atom is -0.347 e. The van der Waals surface area contributed by atoms with E-state index in [0.29, 0.717) is 0 Å². The molecule has 120 valence electrons. The molecule has 0 bridgehead atoms. The van der Waals surface area contributed by atoms with E-state index in [9.17, 15) is 0 Å². The van der Waals surface area contributed by atoms with Crippen LogP contribution in [0.4, 0.5) is 5.13 Å². The van der Waals surface area contributed by atoms with Crippen LogP contribution >= 0.6 is 11.5 Å². The van der Waals surface area contributed by atoms with E-state index in [4.69, 9.17) is 4.98 Å². The van der Waals surface area contributed by atoms with E-state index < -0.39 is 0 Å². The van der Waals surface area contributed by atoms with Gasteiger partial charge in [-0.25, -0.2) is 4.98 Å². The lowest BCUT2D eigenvalue weighted by Gasteiger charge is -2.32. The Bertz CT molecular complexity index is 436. The van der Waals surface area contributed by atoms with Crippen molar-refractivity contribution >= 4 is 16.7 Å². The fourth-order valence-corrected chi connectivity index (χ4v) is 3.52. The van der Waals surface area contributed by atoms with Crippen LogP contribution in [0, 0.1) is 11.8 Å². The highest BCUT2D eigenvalue weighted by Gasteiger charge is 2.25. The molecule has 1 fully saturated rings. The third kappa shape index (κ3) is 4.92. The lowest BCUT2D eigenvalue weighted by molar-refractivity contribution is 0.382. The Hall–Kier alpha value is -0.680. The molecule has 1 unspecified atom stereocenters. The number of nitrogens with one attached hydrogen (secondary N) is 1. The summed E-state index contributed by atoms with van der Waals surface area (Å²) in [5.41, 5.74) is 0.0444. The summed E-state index contributed by atoms with van der Waals surface area (Å²) in [5, 5.41) is 4.70. The molecule has 1 aromatic rings. The SMILES string of the molecule is CC(C)CNCC1CCCN(c2nc(C(C)(C)C)ns2)C1. The molecule has 0 radical (unpaired) electrons. The number of nitrogens with zero attached hydrogens (tertiary/aromatic N) is 3. The van der Waals surface area contributed by atoms with Crippen LogP contribution < -0.4 is 10.2 Å². The second-order valence-corrected chi connectivity index (χ2v) is 8.39. The van der Waals surface area contributed by atoms with Crippen molar-refractivity contribution in [3.8, 4) is 0 Å². The predicted octanol–water partition coefficient (Wildman–Crippen LogP) is 3.30. The van der Waals surface area contributed by atoms with Crippen molar-refractivity contribution < 1.29 is 0 Å². The fraction of sp³-hybridized carbons (Fsp3) is 0.875. The van der Waals surface area contributed by atoms with Crippen molar-refractivity contribution in [3.63, 3.8) is 0 Å². The summed E-state index contributed by atoms with van der Waals surface area (Å²) in [6, 6.07) is 0. The zero-order valence-corrected chi connectivity index (χ0v) is 15.0. The number of hydrogen-bond acceptors (Lipinski definition) is 5. The second-order valence-electron chi connectivity index (χ2n) is 7.66. The van der Waals surface area contributed by atoms with Gasteiger partial charge in [-0.2, -0.15) is 4.37 Å². The van der Waals surface area contributed by atoms with Gasteiger partial charge in [0.25, 0.3) is 0 Å². The van der Waals surface area contributed by atoms with E-state index in [1.54, 1.807) is 11.5 Å². The average molecular weight is 311 g/mol. The first-order chi connectivity index (χ1) is 9.86. The van der Waals surface area contributed by atoms with Crippen molar-refractivity contribution in [1.29, 1.82) is 0 Å². The highest BCUT2D eigenvalue weighted by atomic mass is 32.1. The molecule has 0 aliphatic carbocycles. The van der Waals surface area contributed by atoms with E-state index >= 15 is 0 Å². The molecule has 2 rings (SSSR count). The van der Waals surface area contributed by atoms with E-state index in [0.717, 1.165) is 49.0 Å². The quantitative estimate of drug-likeness (QED) is 0.906. The van der Waals surface area contributed by atoms with Gasteiger partial charge in [0.1, 0.15) is 5.82 Å². The van der Waals surface area contributed by atoms with Gasteiger partial charge in [0.15, 0.2) is 0 Å². The molecule has 21 heavy (non-hydrogen) atoms. The molecule has 0 aromatic carbocycles. The Morgan fingerprint density at radius 2 is 2.14 bits per heavy atom. The summed E-state index contributed by atoms with van der Waals surface area (Å²) in [4.78, 5) is 7.19. The van der Waals surface area contributed by atoms with Crippen LogP contribution in [0.1, 0.15) is 53.3 Å². The van der Waals surface area contributed by atoms with Crippen LogP contribution in [0.5, 0.6) is 0 Å². The van der Waals surface area contributed by atoms with Crippen LogP contribution in [-0.2, 0) is 5.41 Å². The van der Waals surface area contributed by atoms with Crippen LogP contribution in [-0.4, -0.2) is 35.5 Å². The number of rotatable bonds is 5. The molecule has 1 aliphatic rings. The van der Waals surface area contributed by atoms with Crippen molar-refractivity contribution in [2.45, 2.75) is 52.9 Å². The molecular weight excluding hydrogens is 280 g/mol. The zero-order chi connectivity index (χ0) is 15.5. The van der Waals surface area contributed by atoms with Crippen LogP contribution in [0.3, 0.4) is 0 Å². The Morgan fingerprint density at radius 3 is 2.76 bits per heavy atom. The lowest BCUT2D eigenvalue weighted by Crippen LogP contribution is -2.40. The summed E-state index contributed by atoms with van der Waals surface area (Å²) >= 11 is 1.56. The second kappa shape index (κ2) is 7.05. The standard InChI is InChI=1S/C16H30N4S/c1-12(2)9-17-10-13-7-6-8-20(11-13)15-18-14(19-21-15)16(3,4)5/h12-13,17H,6-11H2,1-5H3. The first-order valence-corrected chi connectivity index (χ1v) is 8.93. The van der Waals surface area contributed by atoms with E-state index in [2.05, 4.69) is 49.2 Å². The Labute approximate surface area is 133 Å². The smallest absolute Gasteiger partial charge is 0.205 e. The molecule has 0 spiro atoms. The molecule has 1 N–H and O–H groups in total. The topological polar surface area (TPSA) is 41.0 Å². The van der Waals surface area contributed by atoms with Gasteiger partial charge in [-0.05, 0) is 37.8 Å². The molecular formula is C16H30N4S. The summed E-state index contributed by atoms with van der Waals surface area (Å²) in [6.07, 6.45) is 2.59. The molecule has 1 atom stereocenters. The predicted molar refractivity (Wildman–Crippen MR) is 91.3 cm³/mol. The summed E-state index contributed by atoms with van der Waals surface area (Å²) in [7, 11) is 0. The van der Waals surface area contributed by atoms with Gasteiger partial charge >= 0.3 is 0 Å². The molecule has 0 amide bonds. The van der Waals surface area contributed by atoms with Crippen molar-refractivity contribution in [1.82, 2.24) is 14.7 Å². The van der Waals surface area contributed by atoms with Crippen molar-refractivity contribution in [2.75, 3.05) is 31.1 Å². The third-order valence-electron chi connectivity index (χ3n) is 3.86. The Morgan fingerprint density at radius 1 is 1.38 bits per heavy atom. The summed E-state index contributed by atoms with van der Waals surface area (Å²) in [6.45, 7) is 15.5. The van der Waals surface area contributed by atoms with Crippen molar-refractivity contribution in [3.05, 3.63) is 5.82 Å². The highest BCUT2D eigenvalue weighted by molar-refractivity contribution is 7.09. The fourth-order valence-electron chi connectivity index (χ4n) is 2.63. The summed E-state index contributed by atoms with van der Waals surface area (Å²) in [5.74, 6) is 2.43. The van der Waals surface area contributed by atoms with E-state index in [1.165, 1.54) is 12.8 Å². The largest absolute Gasteiger partial charge is 0.347 e. The van der Waals surface area contributed by atoms with Gasteiger partial charge in [-0.1, -0.05) is 34.6 Å². The first-order valence-electron chi connectivity index (χ1n) is 8.16. The molecule has 1 aromatic heterocycles. The number of aromatic nitrogens is 2. The van der Waals surface area contributed by atoms with Gasteiger partial charge in [-0.3, -0.25) is 0 Å². The van der Waals surface area contributed by atoms with Crippen LogP contribution in [0.15, 0.2) is 0 Å². The normalized spacial score (nSPS) is 20.3. The molecule has 2 heterocycles. The number of anilines is 1. The number of hydrogen-bond donors (Lipinski definition) is 1. The monoisotopic (exact) mass is 310 g/mol. The molecule has 0 saturated carbocycles. The maximum Gasteiger partial charge on any atom is 0.205 e. The molecule has 5 heteroatoms. The van der Waals surface area contributed by atoms with Crippen LogP contribution in [0.2, 0.25) is 0 Å². The highest BCUT2D eigenvalue weighted by Crippen LogP contribution is 2.28. The van der Waals surface area contributed by atoms with Gasteiger partial charge < -0.3 is 10.2 Å². The van der Waals surface area contributed by atoms with E-state index in [-0.39, 0.29) is 5.41 Å². The number of piperidine rings is 1. The third-order valence-corrected chi connectivity index (χ3v) is 4.64. The molecule has 1 aliphatic heterocycles. The van der Waals surface area contributed by atoms with Crippen LogP contribution in [0.25, 0.3) is 0 Å². The Kier molecular flexibility index (Phi) is 5.60. The summed E-state index contributed by atoms with van der Waals surface area (Å²) < 4.78 is 4.55. The molecule has 4 nitrogen and oxygen atoms in total. The van der Waals surface area contributed by atoms with Gasteiger partial charge in [0, 0.05) is 30.0 Å². The maximum absolute atomic E-state index is 4.76. The average Bonchev–Trinajstić information content (AvgIpc) is 2.88. The maximum atomic E-state index is 4.76. The van der Waals surface area contributed by atoms with Gasteiger partial charge in [-0.15, -0.1) is 0 Å². The minimum absolute atomic E-state index is 0.0444. The van der Waals surface area contributed by atoms with Gasteiger partial charge in [0.05, 0.1) is 0 Å². The van der Waals surface area contributed by atoms with Crippen molar-refractivity contribution in [2.24, 2.45) is 11.8 Å². The molecule has 1 saturated heterocycles. The lowest BCUT2D eigenvalue weighted by atomic mass is 9.96. The minimum atomic E-state index is 0.0444. The zero-order valence-electron chi connectivity index (χ0n) is 14.1. The van der Waals surface area contributed by atoms with Gasteiger partial charge in [0.2, 0.25) is 5.13 Å². The Balaban J connectivity index is 1.90.